The molecule has 0 N–H and O–H groups in total. The molecule has 4 amide bonds. The number of amides is 4. The molecule has 0 bridgehead atoms. The van der Waals surface area contributed by atoms with Crippen molar-refractivity contribution in [2.45, 2.75) is 38.0 Å². The van der Waals surface area contributed by atoms with E-state index >= 15 is 0 Å². The van der Waals surface area contributed by atoms with Gasteiger partial charge in [-0.05, 0) is 36.7 Å². The fourth-order valence-electron chi connectivity index (χ4n) is 6.05. The van der Waals surface area contributed by atoms with Crippen LogP contribution < -0.4 is 0 Å². The van der Waals surface area contributed by atoms with E-state index in [2.05, 4.69) is 0 Å². The highest BCUT2D eigenvalue weighted by Crippen LogP contribution is 2.59. The van der Waals surface area contributed by atoms with Crippen LogP contribution in [0.1, 0.15) is 35.7 Å². The molecule has 0 radical (unpaired) electrons. The summed E-state index contributed by atoms with van der Waals surface area (Å²) in [5, 5.41) is 7.73. The van der Waals surface area contributed by atoms with E-state index in [9.17, 15) is 19.2 Å². The summed E-state index contributed by atoms with van der Waals surface area (Å²) in [6.45, 7) is 4.23. The second-order valence-electron chi connectivity index (χ2n) is 8.46. The number of imide groups is 2. The lowest BCUT2D eigenvalue weighted by Gasteiger charge is -2.34. The third kappa shape index (κ3) is 2.33. The van der Waals surface area contributed by atoms with Gasteiger partial charge in [-0.25, -0.2) is 10.0 Å². The molecular formula is C22H22N4O4S2. The number of hydrogen-bond donors (Lipinski definition) is 0. The average Bonchev–Trinajstić information content (AvgIpc) is 3.58. The molecule has 0 aliphatic carbocycles. The molecule has 32 heavy (non-hydrogen) atoms. The number of hydrazine groups is 1. The standard InChI is InChI=1S/C22H22N4O4S2/c1-3-23-19(27)13-15(11-7-5-9-31-11)26-18-14(20(28)24(4-2)22(18)30)16(12-8-6-10-32-12)25(26)17(13)21(23)29/h5-10,13-18H,3-4H2,1-2H3/t13-,14+,15+,16-,17-,18+. The summed E-state index contributed by atoms with van der Waals surface area (Å²) < 4.78 is 0. The number of hydrogen-bond acceptors (Lipinski definition) is 8. The predicted molar refractivity (Wildman–Crippen MR) is 117 cm³/mol. The Hall–Kier alpha value is -2.40. The van der Waals surface area contributed by atoms with Gasteiger partial charge >= 0.3 is 0 Å². The average molecular weight is 471 g/mol. The van der Waals surface area contributed by atoms with Crippen LogP contribution in [0.25, 0.3) is 0 Å². The summed E-state index contributed by atoms with van der Waals surface area (Å²) in [7, 11) is 0. The molecular weight excluding hydrogens is 448 g/mol. The highest BCUT2D eigenvalue weighted by atomic mass is 32.1. The third-order valence-electron chi connectivity index (χ3n) is 7.21. The van der Waals surface area contributed by atoms with E-state index < -0.39 is 36.0 Å². The van der Waals surface area contributed by atoms with Crippen molar-refractivity contribution in [1.82, 2.24) is 19.8 Å². The summed E-state index contributed by atoms with van der Waals surface area (Å²) >= 11 is 3.03. The molecule has 8 nitrogen and oxygen atoms in total. The summed E-state index contributed by atoms with van der Waals surface area (Å²) in [5.41, 5.74) is 0. The number of carbonyl (C=O) groups is 4. The second kappa shape index (κ2) is 7.05. The van der Waals surface area contributed by atoms with Gasteiger partial charge in [-0.1, -0.05) is 12.1 Å². The van der Waals surface area contributed by atoms with Crippen LogP contribution in [0.5, 0.6) is 0 Å². The van der Waals surface area contributed by atoms with Crippen LogP contribution in [0.3, 0.4) is 0 Å². The third-order valence-corrected chi connectivity index (χ3v) is 9.10. The topological polar surface area (TPSA) is 81.2 Å². The SMILES string of the molecule is CCN1C(=O)[C@@H]2[C@@H](C1=O)N1[C@@H](c3cccs3)[C@H]3C(=O)N(CC)C(=O)[C@@H]3N1[C@@H]2c1cccs1. The van der Waals surface area contributed by atoms with Gasteiger partial charge in [0.2, 0.25) is 23.6 Å². The van der Waals surface area contributed by atoms with Crippen molar-refractivity contribution in [2.24, 2.45) is 11.8 Å². The first-order valence-corrected chi connectivity index (χ1v) is 12.6. The summed E-state index contributed by atoms with van der Waals surface area (Å²) in [4.78, 5) is 58.3. The van der Waals surface area contributed by atoms with Crippen molar-refractivity contribution < 1.29 is 19.2 Å². The van der Waals surface area contributed by atoms with Gasteiger partial charge in [0, 0.05) is 22.8 Å². The Bertz CT molecular complexity index is 1030. The number of carbonyl (C=O) groups excluding carboxylic acids is 4. The zero-order valence-corrected chi connectivity index (χ0v) is 19.2. The van der Waals surface area contributed by atoms with Gasteiger partial charge in [0.25, 0.3) is 0 Å². The van der Waals surface area contributed by atoms with Crippen molar-refractivity contribution in [2.75, 3.05) is 13.1 Å². The first-order chi connectivity index (χ1) is 15.5. The van der Waals surface area contributed by atoms with Crippen molar-refractivity contribution >= 4 is 46.3 Å². The Labute approximate surface area is 193 Å². The van der Waals surface area contributed by atoms with E-state index in [-0.39, 0.29) is 23.6 Å². The quantitative estimate of drug-likeness (QED) is 0.635. The van der Waals surface area contributed by atoms with Crippen LogP contribution in [0.2, 0.25) is 0 Å². The van der Waals surface area contributed by atoms with E-state index in [0.29, 0.717) is 13.1 Å². The number of rotatable bonds is 4. The summed E-state index contributed by atoms with van der Waals surface area (Å²) in [6.07, 6.45) is 0. The maximum absolute atomic E-state index is 13.5. The molecule has 2 aromatic heterocycles. The zero-order chi connectivity index (χ0) is 22.3. The number of likely N-dealkylation sites (tertiary alicyclic amines) is 2. The van der Waals surface area contributed by atoms with Gasteiger partial charge < -0.3 is 0 Å². The molecule has 2 aromatic rings. The molecule has 0 saturated carbocycles. The van der Waals surface area contributed by atoms with Crippen LogP contribution in [-0.2, 0) is 19.2 Å². The Morgan fingerprint density at radius 1 is 0.656 bits per heavy atom. The number of likely N-dealkylation sites (N-methyl/N-ethyl adjacent to an activating group) is 2. The lowest BCUT2D eigenvalue weighted by molar-refractivity contribution is -0.152. The monoisotopic (exact) mass is 470 g/mol. The van der Waals surface area contributed by atoms with Crippen molar-refractivity contribution in [1.29, 1.82) is 0 Å². The van der Waals surface area contributed by atoms with Crippen LogP contribution in [-0.4, -0.2) is 68.6 Å². The Kier molecular flexibility index (Phi) is 4.45. The van der Waals surface area contributed by atoms with Crippen molar-refractivity contribution in [3.05, 3.63) is 44.8 Å². The Balaban J connectivity index is 1.57. The molecule has 4 fully saturated rings. The van der Waals surface area contributed by atoms with E-state index in [1.54, 1.807) is 13.8 Å². The van der Waals surface area contributed by atoms with Gasteiger partial charge in [0.15, 0.2) is 0 Å². The first-order valence-electron chi connectivity index (χ1n) is 10.8. The second-order valence-corrected chi connectivity index (χ2v) is 10.4. The molecule has 0 aromatic carbocycles. The lowest BCUT2D eigenvalue weighted by atomic mass is 9.88. The lowest BCUT2D eigenvalue weighted by Crippen LogP contribution is -2.49. The molecule has 4 saturated heterocycles. The first kappa shape index (κ1) is 20.2. The maximum Gasteiger partial charge on any atom is 0.248 e. The molecule has 10 heteroatoms. The molecule has 6 heterocycles. The molecule has 166 valence electrons. The van der Waals surface area contributed by atoms with E-state index in [4.69, 9.17) is 0 Å². The predicted octanol–water partition coefficient (Wildman–Crippen LogP) is 1.89. The normalized spacial score (nSPS) is 34.7. The van der Waals surface area contributed by atoms with Crippen LogP contribution in [0.15, 0.2) is 35.0 Å². The highest BCUT2D eigenvalue weighted by molar-refractivity contribution is 7.10. The zero-order valence-electron chi connectivity index (χ0n) is 17.6. The molecule has 0 spiro atoms. The maximum atomic E-state index is 13.5. The largest absolute Gasteiger partial charge is 0.281 e. The fraction of sp³-hybridized carbons (Fsp3) is 0.455. The minimum atomic E-state index is -0.706. The smallest absolute Gasteiger partial charge is 0.248 e. The van der Waals surface area contributed by atoms with Gasteiger partial charge in [0.1, 0.15) is 12.1 Å². The van der Waals surface area contributed by atoms with Gasteiger partial charge in [0.05, 0.1) is 23.9 Å². The van der Waals surface area contributed by atoms with Gasteiger partial charge in [-0.15, -0.1) is 22.7 Å². The number of nitrogens with zero attached hydrogens (tertiary/aromatic N) is 4. The van der Waals surface area contributed by atoms with E-state index in [1.165, 1.54) is 32.5 Å². The molecule has 4 aliphatic rings. The minimum Gasteiger partial charge on any atom is -0.281 e. The van der Waals surface area contributed by atoms with Crippen LogP contribution in [0, 0.1) is 11.8 Å². The van der Waals surface area contributed by atoms with Gasteiger partial charge in [-0.2, -0.15) is 0 Å². The van der Waals surface area contributed by atoms with Crippen molar-refractivity contribution in [3.8, 4) is 0 Å². The Morgan fingerprint density at radius 3 is 1.38 bits per heavy atom. The Morgan fingerprint density at radius 2 is 1.06 bits per heavy atom. The van der Waals surface area contributed by atoms with Crippen LogP contribution >= 0.6 is 22.7 Å². The minimum absolute atomic E-state index is 0.194. The summed E-state index contributed by atoms with van der Waals surface area (Å²) in [6, 6.07) is 5.44. The van der Waals surface area contributed by atoms with Crippen molar-refractivity contribution in [3.63, 3.8) is 0 Å². The molecule has 6 rings (SSSR count). The molecule has 6 atom stereocenters. The fourth-order valence-corrected chi connectivity index (χ4v) is 7.78. The highest BCUT2D eigenvalue weighted by Gasteiger charge is 2.73. The molecule has 4 aliphatic heterocycles. The number of fused-ring (bicyclic) bond motifs is 5. The van der Waals surface area contributed by atoms with E-state index in [0.717, 1.165) is 9.75 Å². The van der Waals surface area contributed by atoms with Crippen LogP contribution in [0.4, 0.5) is 0 Å². The van der Waals surface area contributed by atoms with Gasteiger partial charge in [-0.3, -0.25) is 29.0 Å². The van der Waals surface area contributed by atoms with E-state index in [1.807, 2.05) is 45.0 Å². The number of thiophene rings is 2. The molecule has 0 unspecified atom stereocenters. The summed E-state index contributed by atoms with van der Waals surface area (Å²) in [5.74, 6) is -2.05.